The molecule has 4 atom stereocenters. The van der Waals surface area contributed by atoms with Crippen LogP contribution in [0.5, 0.6) is 0 Å². The lowest BCUT2D eigenvalue weighted by Gasteiger charge is -2.35. The summed E-state index contributed by atoms with van der Waals surface area (Å²) in [6.07, 6.45) is 3.70. The van der Waals surface area contributed by atoms with Crippen LogP contribution >= 0.6 is 11.6 Å². The highest BCUT2D eigenvalue weighted by molar-refractivity contribution is 6.30. The standard InChI is InChI=1S/C29H21ClN2O5/c1-37-29(36)20-8-4-5-9-21(20)32-27(34)22-23(28(32)35)25(26(33)17-10-12-18(30)13-11-17)31-15-14-16-6-2-3-7-19(16)24(22)31/h2-15,22-25H,1H3/t22-,23+,24+,25+/m0/s1. The number of halogens is 1. The predicted molar refractivity (Wildman–Crippen MR) is 137 cm³/mol. The minimum atomic E-state index is -0.942. The van der Waals surface area contributed by atoms with Gasteiger partial charge in [0.15, 0.2) is 5.78 Å². The van der Waals surface area contributed by atoms with E-state index in [4.69, 9.17) is 16.3 Å². The molecular weight excluding hydrogens is 492 g/mol. The molecule has 0 spiro atoms. The summed E-state index contributed by atoms with van der Waals surface area (Å²) in [4.78, 5) is 57.4. The molecule has 0 N–H and O–H groups in total. The minimum Gasteiger partial charge on any atom is -0.465 e. The molecule has 3 aliphatic heterocycles. The monoisotopic (exact) mass is 512 g/mol. The van der Waals surface area contributed by atoms with E-state index in [2.05, 4.69) is 0 Å². The second kappa shape index (κ2) is 8.71. The number of imide groups is 1. The van der Waals surface area contributed by atoms with Crippen molar-refractivity contribution in [2.75, 3.05) is 12.0 Å². The molecule has 184 valence electrons. The van der Waals surface area contributed by atoms with Gasteiger partial charge in [0.25, 0.3) is 0 Å². The SMILES string of the molecule is COC(=O)c1ccccc1N1C(=O)[C@@H]2[C@H](C1=O)[C@H]1c3ccccc3C=CN1[C@H]2C(=O)c1ccc(Cl)cc1. The van der Waals surface area contributed by atoms with Crippen LogP contribution in [0.1, 0.15) is 37.9 Å². The summed E-state index contributed by atoms with van der Waals surface area (Å²) in [5.41, 5.74) is 2.46. The number of carbonyl (C=O) groups is 4. The molecule has 2 amide bonds. The summed E-state index contributed by atoms with van der Waals surface area (Å²) in [7, 11) is 1.24. The van der Waals surface area contributed by atoms with Crippen molar-refractivity contribution in [2.24, 2.45) is 11.8 Å². The van der Waals surface area contributed by atoms with Gasteiger partial charge in [-0.3, -0.25) is 14.4 Å². The quantitative estimate of drug-likeness (QED) is 0.290. The van der Waals surface area contributed by atoms with Gasteiger partial charge in [-0.15, -0.1) is 0 Å². The van der Waals surface area contributed by atoms with Gasteiger partial charge in [0.2, 0.25) is 11.8 Å². The highest BCUT2D eigenvalue weighted by Gasteiger charge is 2.64. The Kier molecular flexibility index (Phi) is 5.46. The zero-order valence-corrected chi connectivity index (χ0v) is 20.5. The Morgan fingerprint density at radius 1 is 0.865 bits per heavy atom. The molecule has 0 aromatic heterocycles. The van der Waals surface area contributed by atoms with Crippen LogP contribution in [0, 0.1) is 11.8 Å². The van der Waals surface area contributed by atoms with E-state index in [9.17, 15) is 19.2 Å². The number of para-hydroxylation sites is 1. The van der Waals surface area contributed by atoms with Gasteiger partial charge in [0.05, 0.1) is 36.2 Å². The summed E-state index contributed by atoms with van der Waals surface area (Å²) >= 11 is 6.04. The fourth-order valence-electron chi connectivity index (χ4n) is 5.83. The lowest BCUT2D eigenvalue weighted by atomic mass is 9.83. The number of ketones is 1. The number of ether oxygens (including phenoxy) is 1. The summed E-state index contributed by atoms with van der Waals surface area (Å²) < 4.78 is 4.89. The van der Waals surface area contributed by atoms with E-state index in [0.717, 1.165) is 16.0 Å². The molecule has 7 nitrogen and oxygen atoms in total. The third-order valence-corrected chi connectivity index (χ3v) is 7.66. The number of amides is 2. The van der Waals surface area contributed by atoms with Crippen LogP contribution in [0.4, 0.5) is 5.69 Å². The van der Waals surface area contributed by atoms with Gasteiger partial charge in [0, 0.05) is 16.8 Å². The first-order valence-corrected chi connectivity index (χ1v) is 12.2. The fraction of sp³-hybridized carbons (Fsp3) is 0.172. The molecule has 2 saturated heterocycles. The molecule has 0 radical (unpaired) electrons. The molecule has 3 heterocycles. The number of anilines is 1. The molecule has 8 heteroatoms. The second-order valence-corrected chi connectivity index (χ2v) is 9.66. The molecular formula is C29H21ClN2O5. The maximum absolute atomic E-state index is 14.0. The zero-order chi connectivity index (χ0) is 25.8. The molecule has 3 aromatic rings. The van der Waals surface area contributed by atoms with Crippen molar-refractivity contribution in [1.29, 1.82) is 0 Å². The fourth-order valence-corrected chi connectivity index (χ4v) is 5.96. The van der Waals surface area contributed by atoms with Crippen LogP contribution in [0.25, 0.3) is 6.08 Å². The highest BCUT2D eigenvalue weighted by Crippen LogP contribution is 2.54. The van der Waals surface area contributed by atoms with Crippen molar-refractivity contribution in [2.45, 2.75) is 12.1 Å². The Morgan fingerprint density at radius 3 is 2.30 bits per heavy atom. The van der Waals surface area contributed by atoms with E-state index >= 15 is 0 Å². The first-order chi connectivity index (χ1) is 17.9. The Bertz CT molecular complexity index is 1500. The second-order valence-electron chi connectivity index (χ2n) is 9.22. The van der Waals surface area contributed by atoms with Gasteiger partial charge >= 0.3 is 5.97 Å². The topological polar surface area (TPSA) is 84.0 Å². The third-order valence-electron chi connectivity index (χ3n) is 7.41. The average Bonchev–Trinajstić information content (AvgIpc) is 3.40. The maximum atomic E-state index is 14.0. The van der Waals surface area contributed by atoms with Crippen LogP contribution in [0.2, 0.25) is 5.02 Å². The first kappa shape index (κ1) is 23.2. The van der Waals surface area contributed by atoms with Crippen molar-refractivity contribution in [3.8, 4) is 0 Å². The number of fused-ring (bicyclic) bond motifs is 5. The Morgan fingerprint density at radius 2 is 1.54 bits per heavy atom. The van der Waals surface area contributed by atoms with E-state index < -0.39 is 41.7 Å². The van der Waals surface area contributed by atoms with Crippen molar-refractivity contribution in [3.63, 3.8) is 0 Å². The molecule has 37 heavy (non-hydrogen) atoms. The van der Waals surface area contributed by atoms with Crippen molar-refractivity contribution < 1.29 is 23.9 Å². The van der Waals surface area contributed by atoms with Gasteiger partial charge in [-0.1, -0.05) is 48.0 Å². The Hall–Kier alpha value is -4.23. The number of rotatable bonds is 4. The number of esters is 1. The predicted octanol–water partition coefficient (Wildman–Crippen LogP) is 4.52. The van der Waals surface area contributed by atoms with Crippen LogP contribution < -0.4 is 4.90 Å². The van der Waals surface area contributed by atoms with Gasteiger partial charge in [-0.25, -0.2) is 9.69 Å². The maximum Gasteiger partial charge on any atom is 0.339 e. The number of hydrogen-bond acceptors (Lipinski definition) is 6. The Balaban J connectivity index is 1.50. The van der Waals surface area contributed by atoms with Gasteiger partial charge in [0.1, 0.15) is 6.04 Å². The number of methoxy groups -OCH3 is 1. The van der Waals surface area contributed by atoms with Crippen LogP contribution in [0.3, 0.4) is 0 Å². The molecule has 0 unspecified atom stereocenters. The lowest BCUT2D eigenvalue weighted by molar-refractivity contribution is -0.123. The number of hydrogen-bond donors (Lipinski definition) is 0. The Labute approximate surface area is 217 Å². The number of Topliss-reactive ketones (excluding diaryl/α,β-unsaturated/α-hetero) is 1. The average molecular weight is 513 g/mol. The van der Waals surface area contributed by atoms with Crippen LogP contribution in [-0.2, 0) is 14.3 Å². The smallest absolute Gasteiger partial charge is 0.339 e. The number of benzene rings is 3. The zero-order valence-electron chi connectivity index (χ0n) is 19.7. The van der Waals surface area contributed by atoms with Crippen molar-refractivity contribution in [3.05, 3.63) is 106 Å². The first-order valence-electron chi connectivity index (χ1n) is 11.8. The number of nitrogens with zero attached hydrogens (tertiary/aromatic N) is 2. The summed E-state index contributed by atoms with van der Waals surface area (Å²) in [6.45, 7) is 0. The van der Waals surface area contributed by atoms with E-state index in [1.165, 1.54) is 13.2 Å². The van der Waals surface area contributed by atoms with E-state index in [0.29, 0.717) is 10.6 Å². The normalized spacial score (nSPS) is 23.5. The van der Waals surface area contributed by atoms with Crippen LogP contribution in [0.15, 0.2) is 79.0 Å². The molecule has 2 fully saturated rings. The van der Waals surface area contributed by atoms with Gasteiger partial charge in [-0.05, 0) is 53.6 Å². The molecule has 0 bridgehead atoms. The summed E-state index contributed by atoms with van der Waals surface area (Å²) in [5, 5.41) is 0.489. The van der Waals surface area contributed by atoms with Gasteiger partial charge in [-0.2, -0.15) is 0 Å². The molecule has 0 saturated carbocycles. The van der Waals surface area contributed by atoms with Crippen molar-refractivity contribution in [1.82, 2.24) is 4.90 Å². The molecule has 0 aliphatic carbocycles. The number of carbonyl (C=O) groups excluding carboxylic acids is 4. The van der Waals surface area contributed by atoms with Crippen LogP contribution in [-0.4, -0.2) is 41.6 Å². The molecule has 3 aromatic carbocycles. The highest BCUT2D eigenvalue weighted by atomic mass is 35.5. The summed E-state index contributed by atoms with van der Waals surface area (Å²) in [5.74, 6) is -3.65. The minimum absolute atomic E-state index is 0.105. The largest absolute Gasteiger partial charge is 0.465 e. The summed E-state index contributed by atoms with van der Waals surface area (Å²) in [6, 6.07) is 19.1. The molecule has 6 rings (SSSR count). The van der Waals surface area contributed by atoms with E-state index in [1.54, 1.807) is 48.7 Å². The molecule has 3 aliphatic rings. The third kappa shape index (κ3) is 3.42. The van der Waals surface area contributed by atoms with E-state index in [-0.39, 0.29) is 17.0 Å². The van der Waals surface area contributed by atoms with E-state index in [1.807, 2.05) is 35.2 Å². The van der Waals surface area contributed by atoms with Crippen molar-refractivity contribution >= 4 is 46.9 Å². The lowest BCUT2D eigenvalue weighted by Crippen LogP contribution is -2.44. The van der Waals surface area contributed by atoms with Gasteiger partial charge < -0.3 is 9.64 Å².